The molecule has 6 heteroatoms. The number of carbonyl (C=O) groups excluding carboxylic acids is 1. The van der Waals surface area contributed by atoms with Crippen LogP contribution in [0.5, 0.6) is 0 Å². The predicted molar refractivity (Wildman–Crippen MR) is 83.9 cm³/mol. The first-order valence-electron chi connectivity index (χ1n) is 6.75. The Hall–Kier alpha value is -2.21. The molecule has 1 N–H and O–H groups in total. The maximum Gasteiger partial charge on any atom is 0.316 e. The Balaban J connectivity index is 2.16. The summed E-state index contributed by atoms with van der Waals surface area (Å²) in [6.45, 7) is 1.96. The largest absolute Gasteiger partial charge is 0.480 e. The van der Waals surface area contributed by atoms with Crippen molar-refractivity contribution in [2.45, 2.75) is 23.6 Å². The van der Waals surface area contributed by atoms with Crippen molar-refractivity contribution in [3.63, 3.8) is 0 Å². The summed E-state index contributed by atoms with van der Waals surface area (Å²) in [5.41, 5.74) is 0.495. The number of carbonyl (C=O) groups is 2. The van der Waals surface area contributed by atoms with Gasteiger partial charge in [-0.3, -0.25) is 9.59 Å². The van der Waals surface area contributed by atoms with Gasteiger partial charge in [-0.2, -0.15) is 0 Å². The molecule has 1 aromatic heterocycles. The fourth-order valence-corrected chi connectivity index (χ4v) is 2.82. The summed E-state index contributed by atoms with van der Waals surface area (Å²) in [5.74, 6) is -0.381. The quantitative estimate of drug-likeness (QED) is 0.828. The lowest BCUT2D eigenvalue weighted by Crippen LogP contribution is -2.26. The van der Waals surface area contributed by atoms with E-state index >= 15 is 0 Å². The first kappa shape index (κ1) is 16.2. The number of benzene rings is 1. The maximum atomic E-state index is 12.6. The molecule has 2 rings (SSSR count). The van der Waals surface area contributed by atoms with Gasteiger partial charge in [0.25, 0.3) is 5.91 Å². The van der Waals surface area contributed by atoms with Crippen molar-refractivity contribution in [3.05, 3.63) is 54.0 Å². The van der Waals surface area contributed by atoms with Crippen LogP contribution in [0.4, 0.5) is 0 Å². The molecule has 5 nitrogen and oxygen atoms in total. The smallest absolute Gasteiger partial charge is 0.316 e. The van der Waals surface area contributed by atoms with Crippen molar-refractivity contribution in [2.75, 3.05) is 7.05 Å². The highest BCUT2D eigenvalue weighted by atomic mass is 32.2. The van der Waals surface area contributed by atoms with Crippen LogP contribution < -0.4 is 0 Å². The third-order valence-electron chi connectivity index (χ3n) is 3.09. The number of carboxylic acids is 1. The van der Waals surface area contributed by atoms with Gasteiger partial charge in [-0.05, 0) is 31.2 Å². The number of nitrogens with zero attached hydrogens (tertiary/aromatic N) is 1. The summed E-state index contributed by atoms with van der Waals surface area (Å²) >= 11 is 1.16. The molecule has 1 aromatic carbocycles. The minimum Gasteiger partial charge on any atom is -0.480 e. The van der Waals surface area contributed by atoms with Gasteiger partial charge in [0.1, 0.15) is 11.0 Å². The highest BCUT2D eigenvalue weighted by Crippen LogP contribution is 2.28. The monoisotopic (exact) mass is 319 g/mol. The van der Waals surface area contributed by atoms with E-state index in [4.69, 9.17) is 9.52 Å². The summed E-state index contributed by atoms with van der Waals surface area (Å²) in [6.07, 6.45) is 1.56. The van der Waals surface area contributed by atoms with E-state index in [1.165, 1.54) is 0 Å². The summed E-state index contributed by atoms with van der Waals surface area (Å²) in [7, 11) is 1.69. The van der Waals surface area contributed by atoms with E-state index in [1.54, 1.807) is 61.5 Å². The molecule has 0 radical (unpaired) electrons. The van der Waals surface area contributed by atoms with Crippen LogP contribution in [0.3, 0.4) is 0 Å². The molecular formula is C16H17NO4S. The van der Waals surface area contributed by atoms with Gasteiger partial charge in [0, 0.05) is 11.9 Å². The van der Waals surface area contributed by atoms with E-state index in [2.05, 4.69) is 0 Å². The molecule has 0 aliphatic carbocycles. The maximum absolute atomic E-state index is 12.6. The standard InChI is InChI=1S/C16H17NO4S/c1-11(16(19)20)22-14-8-4-3-7-13(14)15(18)17(2)10-12-6-5-9-21-12/h3-9,11H,10H2,1-2H3,(H,19,20). The van der Waals surface area contributed by atoms with Gasteiger partial charge >= 0.3 is 5.97 Å². The first-order valence-corrected chi connectivity index (χ1v) is 7.63. The number of hydrogen-bond acceptors (Lipinski definition) is 4. The summed E-state index contributed by atoms with van der Waals surface area (Å²) in [6, 6.07) is 10.6. The highest BCUT2D eigenvalue weighted by Gasteiger charge is 2.20. The van der Waals surface area contributed by atoms with E-state index in [0.717, 1.165) is 11.8 Å². The Morgan fingerprint density at radius 1 is 1.27 bits per heavy atom. The van der Waals surface area contributed by atoms with E-state index in [-0.39, 0.29) is 5.91 Å². The van der Waals surface area contributed by atoms with Gasteiger partial charge in [0.15, 0.2) is 0 Å². The molecule has 0 aliphatic heterocycles. The molecule has 22 heavy (non-hydrogen) atoms. The lowest BCUT2D eigenvalue weighted by Gasteiger charge is -2.18. The van der Waals surface area contributed by atoms with E-state index in [1.807, 2.05) is 0 Å². The highest BCUT2D eigenvalue weighted by molar-refractivity contribution is 8.00. The molecule has 1 heterocycles. The van der Waals surface area contributed by atoms with Gasteiger partial charge in [0.2, 0.25) is 0 Å². The number of hydrogen-bond donors (Lipinski definition) is 1. The van der Waals surface area contributed by atoms with Crippen molar-refractivity contribution in [1.82, 2.24) is 4.90 Å². The number of thioether (sulfide) groups is 1. The number of rotatable bonds is 6. The Labute approximate surface area is 132 Å². The second-order valence-electron chi connectivity index (χ2n) is 4.84. The van der Waals surface area contributed by atoms with Crippen LogP contribution in [0.25, 0.3) is 0 Å². The van der Waals surface area contributed by atoms with Gasteiger partial charge in [-0.15, -0.1) is 11.8 Å². The van der Waals surface area contributed by atoms with Crippen LogP contribution in [-0.2, 0) is 11.3 Å². The number of amides is 1. The average Bonchev–Trinajstić information content (AvgIpc) is 2.99. The second kappa shape index (κ2) is 7.17. The zero-order chi connectivity index (χ0) is 16.1. The molecule has 116 valence electrons. The van der Waals surface area contributed by atoms with Crippen LogP contribution in [0.15, 0.2) is 52.0 Å². The van der Waals surface area contributed by atoms with E-state index in [9.17, 15) is 9.59 Å². The van der Waals surface area contributed by atoms with Crippen LogP contribution in [0.2, 0.25) is 0 Å². The molecule has 2 aromatic rings. The van der Waals surface area contributed by atoms with Crippen molar-refractivity contribution >= 4 is 23.6 Å². The zero-order valence-electron chi connectivity index (χ0n) is 12.4. The van der Waals surface area contributed by atoms with E-state index in [0.29, 0.717) is 22.8 Å². The number of aliphatic carboxylic acids is 1. The van der Waals surface area contributed by atoms with Crippen LogP contribution >= 0.6 is 11.8 Å². The summed E-state index contributed by atoms with van der Waals surface area (Å²) < 4.78 is 5.24. The third kappa shape index (κ3) is 3.92. The molecule has 0 aliphatic rings. The van der Waals surface area contributed by atoms with Crippen LogP contribution in [-0.4, -0.2) is 34.2 Å². The lowest BCUT2D eigenvalue weighted by atomic mass is 10.2. The molecule has 0 spiro atoms. The van der Waals surface area contributed by atoms with E-state index < -0.39 is 11.2 Å². The predicted octanol–water partition coefficient (Wildman–Crippen LogP) is 3.12. The summed E-state index contributed by atoms with van der Waals surface area (Å²) in [5, 5.41) is 8.40. The van der Waals surface area contributed by atoms with Crippen molar-refractivity contribution in [3.8, 4) is 0 Å². The average molecular weight is 319 g/mol. The van der Waals surface area contributed by atoms with Crippen LogP contribution in [0, 0.1) is 0 Å². The molecule has 1 atom stereocenters. The Bertz CT molecular complexity index is 654. The van der Waals surface area contributed by atoms with Gasteiger partial charge in [0.05, 0.1) is 18.4 Å². The lowest BCUT2D eigenvalue weighted by molar-refractivity contribution is -0.136. The molecule has 0 fully saturated rings. The minimum absolute atomic E-state index is 0.169. The topological polar surface area (TPSA) is 70.8 Å². The van der Waals surface area contributed by atoms with Gasteiger partial charge in [-0.25, -0.2) is 0 Å². The summed E-state index contributed by atoms with van der Waals surface area (Å²) in [4.78, 5) is 25.8. The van der Waals surface area contributed by atoms with Crippen molar-refractivity contribution in [1.29, 1.82) is 0 Å². The SMILES string of the molecule is CC(Sc1ccccc1C(=O)N(C)Cc1ccco1)C(=O)O. The fraction of sp³-hybridized carbons (Fsp3) is 0.250. The zero-order valence-corrected chi connectivity index (χ0v) is 13.2. The molecule has 1 unspecified atom stereocenters. The third-order valence-corrected chi connectivity index (χ3v) is 4.25. The van der Waals surface area contributed by atoms with Crippen molar-refractivity contribution < 1.29 is 19.1 Å². The molecule has 0 bridgehead atoms. The first-order chi connectivity index (χ1) is 10.5. The normalized spacial score (nSPS) is 11.9. The number of furan rings is 1. The Morgan fingerprint density at radius 3 is 2.64 bits per heavy atom. The van der Waals surface area contributed by atoms with Gasteiger partial charge in [-0.1, -0.05) is 12.1 Å². The Morgan fingerprint density at radius 2 is 2.00 bits per heavy atom. The van der Waals surface area contributed by atoms with Crippen molar-refractivity contribution in [2.24, 2.45) is 0 Å². The van der Waals surface area contributed by atoms with Crippen LogP contribution in [0.1, 0.15) is 23.0 Å². The molecule has 0 saturated heterocycles. The number of carboxylic acid groups (broad SMARTS) is 1. The fourth-order valence-electron chi connectivity index (χ4n) is 1.90. The second-order valence-corrected chi connectivity index (χ2v) is 6.22. The molecule has 0 saturated carbocycles. The molecular weight excluding hydrogens is 302 g/mol. The minimum atomic E-state index is -0.906. The Kier molecular flexibility index (Phi) is 5.27. The van der Waals surface area contributed by atoms with Gasteiger partial charge < -0.3 is 14.4 Å². The molecule has 1 amide bonds.